The van der Waals surface area contributed by atoms with Crippen LogP contribution in [0.3, 0.4) is 0 Å². The Morgan fingerprint density at radius 2 is 1.88 bits per heavy atom. The van der Waals surface area contributed by atoms with Crippen LogP contribution in [0.15, 0.2) is 23.2 Å². The molecule has 16 heavy (non-hydrogen) atoms. The van der Waals surface area contributed by atoms with Crippen LogP contribution in [0.5, 0.6) is 0 Å². The average Bonchev–Trinajstić information content (AvgIpc) is 2.18. The van der Waals surface area contributed by atoms with E-state index in [9.17, 15) is 0 Å². The minimum atomic E-state index is 0.0429. The Labute approximate surface area is 99.6 Å². The lowest BCUT2D eigenvalue weighted by molar-refractivity contribution is 0.694. The van der Waals surface area contributed by atoms with Crippen molar-refractivity contribution in [3.63, 3.8) is 0 Å². The lowest BCUT2D eigenvalue weighted by atomic mass is 9.76. The minimum absolute atomic E-state index is 0.0429. The van der Waals surface area contributed by atoms with E-state index in [4.69, 9.17) is 0 Å². The van der Waals surface area contributed by atoms with Crippen molar-refractivity contribution in [3.05, 3.63) is 34.9 Å². The monoisotopic (exact) mass is 217 g/mol. The molecule has 0 saturated heterocycles. The third kappa shape index (κ3) is 2.34. The normalized spacial score (nSPS) is 13.0. The second kappa shape index (κ2) is 4.82. The van der Waals surface area contributed by atoms with Gasteiger partial charge in [0.1, 0.15) is 0 Å². The molecule has 1 heteroatoms. The fourth-order valence-electron chi connectivity index (χ4n) is 2.55. The van der Waals surface area contributed by atoms with Gasteiger partial charge in [0.25, 0.3) is 0 Å². The maximum atomic E-state index is 4.43. The van der Waals surface area contributed by atoms with Crippen molar-refractivity contribution < 1.29 is 0 Å². The van der Waals surface area contributed by atoms with E-state index in [0.717, 1.165) is 6.42 Å². The summed E-state index contributed by atoms with van der Waals surface area (Å²) in [5, 5.41) is 0. The summed E-state index contributed by atoms with van der Waals surface area (Å²) in [6.45, 7) is 11.0. The summed E-state index contributed by atoms with van der Waals surface area (Å²) in [7, 11) is 1.89. The molecule has 0 aliphatic rings. The summed E-state index contributed by atoms with van der Waals surface area (Å²) in [5.41, 5.74) is 5.38. The summed E-state index contributed by atoms with van der Waals surface area (Å²) >= 11 is 0. The summed E-state index contributed by atoms with van der Waals surface area (Å²) in [5.74, 6) is 0. The van der Waals surface area contributed by atoms with E-state index in [1.807, 2.05) is 7.05 Å². The van der Waals surface area contributed by atoms with Gasteiger partial charge < -0.3 is 0 Å². The van der Waals surface area contributed by atoms with Crippen molar-refractivity contribution in [2.75, 3.05) is 7.05 Å². The number of nitrogens with zero attached hydrogens (tertiary/aromatic N) is 1. The predicted octanol–water partition coefficient (Wildman–Crippen LogP) is 4.06. The number of benzene rings is 1. The fourth-order valence-corrected chi connectivity index (χ4v) is 2.55. The smallest absolute Gasteiger partial charge is 0.0278 e. The average molecular weight is 217 g/mol. The Bertz CT molecular complexity index is 400. The Hall–Kier alpha value is -1.11. The Balaban J connectivity index is 3.26. The molecule has 0 amide bonds. The third-order valence-electron chi connectivity index (χ3n) is 3.38. The van der Waals surface area contributed by atoms with Crippen LogP contribution in [0.25, 0.3) is 0 Å². The second-order valence-electron chi connectivity index (χ2n) is 4.97. The molecule has 0 unspecified atom stereocenters. The van der Waals surface area contributed by atoms with E-state index in [1.165, 1.54) is 22.4 Å². The number of aliphatic imine (C=N–C) groups is 1. The molecule has 0 heterocycles. The van der Waals surface area contributed by atoms with Gasteiger partial charge in [-0.3, -0.25) is 4.99 Å². The molecule has 88 valence electrons. The highest BCUT2D eigenvalue weighted by atomic mass is 14.7. The molecule has 1 aromatic carbocycles. The van der Waals surface area contributed by atoms with E-state index in [1.54, 1.807) is 0 Å². The molecule has 0 aromatic heterocycles. The quantitative estimate of drug-likeness (QED) is 0.677. The van der Waals surface area contributed by atoms with Gasteiger partial charge in [-0.25, -0.2) is 0 Å². The van der Waals surface area contributed by atoms with Crippen molar-refractivity contribution in [2.45, 2.75) is 46.5 Å². The molecular formula is C15H23N. The van der Waals surface area contributed by atoms with Crippen molar-refractivity contribution in [2.24, 2.45) is 4.99 Å². The highest BCUT2D eigenvalue weighted by molar-refractivity contribution is 5.94. The molecule has 1 rings (SSSR count). The standard InChI is InChI=1S/C15H23N/c1-7-14(16-6)15(4,5)13-9-8-11(2)10-12(13)3/h8-10H,7H2,1-6H3. The van der Waals surface area contributed by atoms with Gasteiger partial charge in [-0.15, -0.1) is 0 Å². The fraction of sp³-hybridized carbons (Fsp3) is 0.533. The van der Waals surface area contributed by atoms with E-state index >= 15 is 0 Å². The Morgan fingerprint density at radius 3 is 2.31 bits per heavy atom. The summed E-state index contributed by atoms with van der Waals surface area (Å²) in [4.78, 5) is 4.43. The first kappa shape index (κ1) is 13.0. The van der Waals surface area contributed by atoms with Crippen molar-refractivity contribution >= 4 is 5.71 Å². The lowest BCUT2D eigenvalue weighted by Crippen LogP contribution is -2.29. The van der Waals surface area contributed by atoms with Gasteiger partial charge in [-0.1, -0.05) is 44.5 Å². The van der Waals surface area contributed by atoms with Crippen LogP contribution in [0, 0.1) is 13.8 Å². The Morgan fingerprint density at radius 1 is 1.25 bits per heavy atom. The van der Waals surface area contributed by atoms with E-state index in [-0.39, 0.29) is 5.41 Å². The van der Waals surface area contributed by atoms with Gasteiger partial charge >= 0.3 is 0 Å². The van der Waals surface area contributed by atoms with Gasteiger partial charge in [0.2, 0.25) is 0 Å². The third-order valence-corrected chi connectivity index (χ3v) is 3.38. The zero-order valence-electron chi connectivity index (χ0n) is 11.4. The minimum Gasteiger partial charge on any atom is -0.297 e. The molecule has 0 saturated carbocycles. The molecular weight excluding hydrogens is 194 g/mol. The SMILES string of the molecule is CCC(=NC)C(C)(C)c1ccc(C)cc1C. The second-order valence-corrected chi connectivity index (χ2v) is 4.97. The number of aryl methyl sites for hydroxylation is 2. The van der Waals surface area contributed by atoms with Crippen LogP contribution < -0.4 is 0 Å². The highest BCUT2D eigenvalue weighted by Gasteiger charge is 2.26. The molecule has 0 spiro atoms. The van der Waals surface area contributed by atoms with Gasteiger partial charge in [0, 0.05) is 18.2 Å². The van der Waals surface area contributed by atoms with Crippen molar-refractivity contribution in [1.29, 1.82) is 0 Å². The highest BCUT2D eigenvalue weighted by Crippen LogP contribution is 2.29. The Kier molecular flexibility index (Phi) is 3.90. The number of hydrogen-bond donors (Lipinski definition) is 0. The topological polar surface area (TPSA) is 12.4 Å². The molecule has 0 atom stereocenters. The van der Waals surface area contributed by atoms with Crippen molar-refractivity contribution in [1.82, 2.24) is 0 Å². The number of rotatable bonds is 3. The van der Waals surface area contributed by atoms with Gasteiger partial charge in [-0.2, -0.15) is 0 Å². The first-order valence-corrected chi connectivity index (χ1v) is 5.97. The summed E-state index contributed by atoms with van der Waals surface area (Å²) in [6.07, 6.45) is 1.01. The van der Waals surface area contributed by atoms with E-state index in [0.29, 0.717) is 0 Å². The van der Waals surface area contributed by atoms with Crippen LogP contribution in [0.1, 0.15) is 43.9 Å². The summed E-state index contributed by atoms with van der Waals surface area (Å²) in [6, 6.07) is 6.68. The van der Waals surface area contributed by atoms with Crippen molar-refractivity contribution in [3.8, 4) is 0 Å². The molecule has 0 aliphatic carbocycles. The molecule has 1 nitrogen and oxygen atoms in total. The molecule has 0 radical (unpaired) electrons. The zero-order valence-corrected chi connectivity index (χ0v) is 11.4. The lowest BCUT2D eigenvalue weighted by Gasteiger charge is -2.28. The van der Waals surface area contributed by atoms with Crippen LogP contribution in [-0.4, -0.2) is 12.8 Å². The van der Waals surface area contributed by atoms with E-state index < -0.39 is 0 Å². The van der Waals surface area contributed by atoms with Crippen LogP contribution in [0.2, 0.25) is 0 Å². The van der Waals surface area contributed by atoms with E-state index in [2.05, 4.69) is 57.8 Å². The molecule has 0 aliphatic heterocycles. The van der Waals surface area contributed by atoms with Gasteiger partial charge in [0.05, 0.1) is 0 Å². The zero-order chi connectivity index (χ0) is 12.3. The molecule has 0 fully saturated rings. The largest absolute Gasteiger partial charge is 0.297 e. The van der Waals surface area contributed by atoms with Crippen LogP contribution >= 0.6 is 0 Å². The summed E-state index contributed by atoms with van der Waals surface area (Å²) < 4.78 is 0. The number of hydrogen-bond acceptors (Lipinski definition) is 1. The molecule has 1 aromatic rings. The van der Waals surface area contributed by atoms with Gasteiger partial charge in [0.15, 0.2) is 0 Å². The van der Waals surface area contributed by atoms with Crippen LogP contribution in [-0.2, 0) is 5.41 Å². The first-order valence-electron chi connectivity index (χ1n) is 5.97. The first-order chi connectivity index (χ1) is 7.43. The van der Waals surface area contributed by atoms with Gasteiger partial charge in [-0.05, 0) is 31.4 Å². The predicted molar refractivity (Wildman–Crippen MR) is 72.6 cm³/mol. The molecule has 0 N–H and O–H groups in total. The maximum absolute atomic E-state index is 4.43. The molecule has 0 bridgehead atoms. The van der Waals surface area contributed by atoms with Crippen LogP contribution in [0.4, 0.5) is 0 Å². The maximum Gasteiger partial charge on any atom is 0.0278 e.